The number of carbonyl (C=O) groups excluding carboxylic acids is 2. The number of carbonyl (C=O) groups is 2. The van der Waals surface area contributed by atoms with Crippen molar-refractivity contribution in [2.45, 2.75) is 44.4 Å². The average Bonchev–Trinajstić information content (AvgIpc) is 2.78. The molecule has 5 heteroatoms. The lowest BCUT2D eigenvalue weighted by molar-refractivity contribution is -0.156. The van der Waals surface area contributed by atoms with Gasteiger partial charge in [-0.3, -0.25) is 9.69 Å². The average molecular weight is 317 g/mol. The van der Waals surface area contributed by atoms with E-state index >= 15 is 0 Å². The molecule has 0 N–H and O–H groups in total. The second-order valence-corrected chi connectivity index (χ2v) is 6.56. The van der Waals surface area contributed by atoms with Gasteiger partial charge in [-0.2, -0.15) is 0 Å². The van der Waals surface area contributed by atoms with Gasteiger partial charge in [0.2, 0.25) is 0 Å². The quantitative estimate of drug-likeness (QED) is 0.800. The molecule has 0 unspecified atom stereocenters. The Labute approximate surface area is 136 Å². The van der Waals surface area contributed by atoms with Crippen LogP contribution in [0.2, 0.25) is 0 Å². The fourth-order valence-electron chi connectivity index (χ4n) is 3.88. The van der Waals surface area contributed by atoms with Crippen LogP contribution >= 0.6 is 0 Å². The molecule has 0 spiro atoms. The molecule has 4 atom stereocenters. The Hall–Kier alpha value is -1.88. The number of benzene rings is 1. The first kappa shape index (κ1) is 16.0. The highest BCUT2D eigenvalue weighted by Gasteiger charge is 2.50. The van der Waals surface area contributed by atoms with Crippen LogP contribution in [0, 0.1) is 12.8 Å². The number of ether oxygens (including phenoxy) is 2. The van der Waals surface area contributed by atoms with Crippen molar-refractivity contribution < 1.29 is 19.1 Å². The molecule has 0 saturated carbocycles. The van der Waals surface area contributed by atoms with Crippen LogP contribution in [0.5, 0.6) is 0 Å². The summed E-state index contributed by atoms with van der Waals surface area (Å²) < 4.78 is 10.7. The van der Waals surface area contributed by atoms with Crippen LogP contribution in [-0.4, -0.2) is 49.2 Å². The molecular formula is C18H23NO4. The van der Waals surface area contributed by atoms with E-state index in [4.69, 9.17) is 9.47 Å². The number of aryl methyl sites for hydroxylation is 1. The van der Waals surface area contributed by atoms with E-state index in [1.54, 1.807) is 12.1 Å². The molecule has 3 rings (SSSR count). The summed E-state index contributed by atoms with van der Waals surface area (Å²) in [5.41, 5.74) is 1.61. The smallest absolute Gasteiger partial charge is 0.338 e. The van der Waals surface area contributed by atoms with Crippen molar-refractivity contribution in [2.75, 3.05) is 14.2 Å². The largest absolute Gasteiger partial charge is 0.469 e. The van der Waals surface area contributed by atoms with Gasteiger partial charge in [0, 0.05) is 18.5 Å². The standard InChI is InChI=1S/C18H23NO4/c1-11-4-6-12(7-5-11)17(20)23-15-10-13-8-9-14(19(13)2)16(15)18(21)22-3/h4-7,13-16H,8-10H2,1-3H3/t13-,14+,15+,16+/m0/s1. The van der Waals surface area contributed by atoms with E-state index in [2.05, 4.69) is 4.90 Å². The maximum absolute atomic E-state index is 12.4. The monoisotopic (exact) mass is 317 g/mol. The van der Waals surface area contributed by atoms with Crippen molar-refractivity contribution in [3.8, 4) is 0 Å². The predicted molar refractivity (Wildman–Crippen MR) is 85.1 cm³/mol. The van der Waals surface area contributed by atoms with Crippen molar-refractivity contribution in [1.82, 2.24) is 4.90 Å². The molecule has 0 aliphatic carbocycles. The number of fused-ring (bicyclic) bond motifs is 2. The molecule has 0 radical (unpaired) electrons. The van der Waals surface area contributed by atoms with Crippen LogP contribution in [0.25, 0.3) is 0 Å². The number of rotatable bonds is 3. The van der Waals surface area contributed by atoms with Crippen molar-refractivity contribution in [2.24, 2.45) is 5.92 Å². The number of methoxy groups -OCH3 is 1. The van der Waals surface area contributed by atoms with E-state index in [9.17, 15) is 9.59 Å². The Kier molecular flexibility index (Phi) is 4.39. The van der Waals surface area contributed by atoms with E-state index in [0.29, 0.717) is 18.0 Å². The van der Waals surface area contributed by atoms with E-state index < -0.39 is 12.0 Å². The summed E-state index contributed by atoms with van der Waals surface area (Å²) in [6.45, 7) is 1.97. The summed E-state index contributed by atoms with van der Waals surface area (Å²) in [6.07, 6.45) is 2.25. The first-order chi connectivity index (χ1) is 11.0. The third kappa shape index (κ3) is 2.98. The summed E-state index contributed by atoms with van der Waals surface area (Å²) in [7, 11) is 3.43. The minimum absolute atomic E-state index is 0.0945. The van der Waals surface area contributed by atoms with Gasteiger partial charge < -0.3 is 9.47 Å². The number of hydrogen-bond acceptors (Lipinski definition) is 5. The number of esters is 2. The molecule has 2 heterocycles. The van der Waals surface area contributed by atoms with E-state index in [1.165, 1.54) is 7.11 Å². The highest BCUT2D eigenvalue weighted by Crippen LogP contribution is 2.40. The lowest BCUT2D eigenvalue weighted by Gasteiger charge is -2.40. The highest BCUT2D eigenvalue weighted by molar-refractivity contribution is 5.89. The molecule has 1 aromatic carbocycles. The molecular weight excluding hydrogens is 294 g/mol. The van der Waals surface area contributed by atoms with Crippen molar-refractivity contribution in [3.63, 3.8) is 0 Å². The van der Waals surface area contributed by atoms with Crippen molar-refractivity contribution >= 4 is 11.9 Å². The van der Waals surface area contributed by atoms with Crippen LogP contribution in [0.15, 0.2) is 24.3 Å². The van der Waals surface area contributed by atoms with Gasteiger partial charge in [0.1, 0.15) is 12.0 Å². The summed E-state index contributed by atoms with van der Waals surface area (Å²) in [5.74, 6) is -1.06. The fourth-order valence-corrected chi connectivity index (χ4v) is 3.88. The third-order valence-corrected chi connectivity index (χ3v) is 5.23. The van der Waals surface area contributed by atoms with Crippen LogP contribution in [0.4, 0.5) is 0 Å². The molecule has 2 fully saturated rings. The van der Waals surface area contributed by atoms with Gasteiger partial charge in [-0.25, -0.2) is 4.79 Å². The molecule has 1 aromatic rings. The van der Waals surface area contributed by atoms with Crippen molar-refractivity contribution in [3.05, 3.63) is 35.4 Å². The zero-order valence-corrected chi connectivity index (χ0v) is 13.8. The topological polar surface area (TPSA) is 55.8 Å². The first-order valence-electron chi connectivity index (χ1n) is 8.08. The number of piperidine rings is 1. The molecule has 124 valence electrons. The van der Waals surface area contributed by atoms with Gasteiger partial charge in [-0.15, -0.1) is 0 Å². The molecule has 0 aromatic heterocycles. The second-order valence-electron chi connectivity index (χ2n) is 6.56. The molecule has 23 heavy (non-hydrogen) atoms. The van der Waals surface area contributed by atoms with Gasteiger partial charge in [0.05, 0.1) is 12.7 Å². The molecule has 2 saturated heterocycles. The highest BCUT2D eigenvalue weighted by atomic mass is 16.6. The maximum atomic E-state index is 12.4. The van der Waals surface area contributed by atoms with Crippen LogP contribution < -0.4 is 0 Å². The van der Waals surface area contributed by atoms with Crippen LogP contribution in [0.1, 0.15) is 35.2 Å². The molecule has 2 aliphatic heterocycles. The Morgan fingerprint density at radius 1 is 1.17 bits per heavy atom. The van der Waals surface area contributed by atoms with E-state index in [1.807, 2.05) is 26.1 Å². The zero-order chi connectivity index (χ0) is 16.6. The Bertz CT molecular complexity index is 598. The summed E-state index contributed by atoms with van der Waals surface area (Å²) in [5, 5.41) is 0. The van der Waals surface area contributed by atoms with E-state index in [0.717, 1.165) is 18.4 Å². The first-order valence-corrected chi connectivity index (χ1v) is 8.08. The minimum atomic E-state index is -0.412. The maximum Gasteiger partial charge on any atom is 0.338 e. The van der Waals surface area contributed by atoms with Gasteiger partial charge in [-0.1, -0.05) is 17.7 Å². The molecule has 2 aliphatic rings. The zero-order valence-electron chi connectivity index (χ0n) is 13.8. The number of nitrogens with zero attached hydrogens (tertiary/aromatic N) is 1. The molecule has 5 nitrogen and oxygen atoms in total. The normalized spacial score (nSPS) is 30.0. The van der Waals surface area contributed by atoms with Gasteiger partial charge in [-0.05, 0) is 38.9 Å². The molecule has 2 bridgehead atoms. The van der Waals surface area contributed by atoms with Gasteiger partial charge in [0.15, 0.2) is 0 Å². The Balaban J connectivity index is 1.78. The SMILES string of the molecule is COC(=O)[C@@H]1[C@H]2CC[C@@H](C[C@H]1OC(=O)c1ccc(C)cc1)N2C. The van der Waals surface area contributed by atoms with Crippen LogP contribution in [-0.2, 0) is 14.3 Å². The molecule has 0 amide bonds. The second kappa shape index (κ2) is 6.32. The summed E-state index contributed by atoms with van der Waals surface area (Å²) in [6, 6.07) is 7.75. The lowest BCUT2D eigenvalue weighted by atomic mass is 9.87. The third-order valence-electron chi connectivity index (χ3n) is 5.23. The van der Waals surface area contributed by atoms with Gasteiger partial charge in [0.25, 0.3) is 0 Å². The van der Waals surface area contributed by atoms with Crippen molar-refractivity contribution in [1.29, 1.82) is 0 Å². The number of hydrogen-bond donors (Lipinski definition) is 0. The Morgan fingerprint density at radius 3 is 2.52 bits per heavy atom. The Morgan fingerprint density at radius 2 is 1.87 bits per heavy atom. The summed E-state index contributed by atoms with van der Waals surface area (Å²) >= 11 is 0. The predicted octanol–water partition coefficient (Wildman–Crippen LogP) is 2.18. The van der Waals surface area contributed by atoms with Crippen LogP contribution in [0.3, 0.4) is 0 Å². The minimum Gasteiger partial charge on any atom is -0.469 e. The van der Waals surface area contributed by atoms with E-state index in [-0.39, 0.29) is 18.0 Å². The fraction of sp³-hybridized carbons (Fsp3) is 0.556. The lowest BCUT2D eigenvalue weighted by Crippen LogP contribution is -2.53. The summed E-state index contributed by atoms with van der Waals surface area (Å²) in [4.78, 5) is 26.9. The van der Waals surface area contributed by atoms with Gasteiger partial charge >= 0.3 is 11.9 Å².